The quantitative estimate of drug-likeness (QED) is 0.728. The van der Waals surface area contributed by atoms with Gasteiger partial charge in [-0.05, 0) is 19.3 Å². The van der Waals surface area contributed by atoms with E-state index in [4.69, 9.17) is 0 Å². The monoisotopic (exact) mass is 226 g/mol. The highest BCUT2D eigenvalue weighted by molar-refractivity contribution is 5.82. The van der Waals surface area contributed by atoms with Crippen LogP contribution in [0.2, 0.25) is 0 Å². The van der Waals surface area contributed by atoms with Crippen LogP contribution in [0, 0.1) is 0 Å². The molecule has 1 aliphatic carbocycles. The summed E-state index contributed by atoms with van der Waals surface area (Å²) in [4.78, 5) is 26.3. The van der Waals surface area contributed by atoms with Gasteiger partial charge >= 0.3 is 5.97 Å². The van der Waals surface area contributed by atoms with E-state index in [1.165, 1.54) is 0 Å². The van der Waals surface area contributed by atoms with Crippen molar-refractivity contribution < 1.29 is 14.7 Å². The van der Waals surface area contributed by atoms with E-state index >= 15 is 0 Å². The van der Waals surface area contributed by atoms with Crippen LogP contribution in [0.1, 0.15) is 26.2 Å². The first-order valence-corrected chi connectivity index (χ1v) is 5.80. The molecule has 0 bridgehead atoms. The predicted octanol–water partition coefficient (Wildman–Crippen LogP) is 0.158. The molecule has 0 atom stereocenters. The van der Waals surface area contributed by atoms with Crippen LogP contribution in [0.3, 0.4) is 0 Å². The third-order valence-corrected chi connectivity index (χ3v) is 3.67. The van der Waals surface area contributed by atoms with Gasteiger partial charge in [0.05, 0.1) is 0 Å². The molecule has 0 spiro atoms. The van der Waals surface area contributed by atoms with E-state index in [1.807, 2.05) is 4.90 Å². The Labute approximate surface area is 95.0 Å². The highest BCUT2D eigenvalue weighted by Gasteiger charge is 2.54. The molecule has 2 fully saturated rings. The van der Waals surface area contributed by atoms with E-state index < -0.39 is 11.5 Å². The third kappa shape index (κ3) is 1.91. The van der Waals surface area contributed by atoms with E-state index in [0.29, 0.717) is 13.1 Å². The van der Waals surface area contributed by atoms with Gasteiger partial charge in [0.2, 0.25) is 5.91 Å². The Kier molecular flexibility index (Phi) is 2.88. The van der Waals surface area contributed by atoms with Crippen molar-refractivity contribution in [2.45, 2.75) is 31.7 Å². The van der Waals surface area contributed by atoms with Gasteiger partial charge in [-0.1, -0.05) is 0 Å². The van der Waals surface area contributed by atoms with Crippen LogP contribution in [-0.2, 0) is 9.59 Å². The van der Waals surface area contributed by atoms with Gasteiger partial charge < -0.3 is 10.0 Å². The number of hydrogen-bond acceptors (Lipinski definition) is 3. The lowest BCUT2D eigenvalue weighted by Gasteiger charge is -2.27. The Morgan fingerprint density at radius 1 is 1.12 bits per heavy atom. The summed E-state index contributed by atoms with van der Waals surface area (Å²) in [5, 5.41) is 9.20. The first-order chi connectivity index (χ1) is 7.56. The zero-order chi connectivity index (χ0) is 11.8. The first kappa shape index (κ1) is 11.4. The number of carbonyl (C=O) groups excluding carboxylic acids is 1. The van der Waals surface area contributed by atoms with Gasteiger partial charge in [-0.25, -0.2) is 0 Å². The highest BCUT2D eigenvalue weighted by atomic mass is 16.4. The summed E-state index contributed by atoms with van der Waals surface area (Å²) in [6, 6.07) is 0. The second-order valence-electron chi connectivity index (χ2n) is 4.68. The molecule has 1 amide bonds. The van der Waals surface area contributed by atoms with E-state index in [2.05, 4.69) is 0 Å². The zero-order valence-electron chi connectivity index (χ0n) is 9.61. The molecule has 90 valence electrons. The number of rotatable bonds is 2. The van der Waals surface area contributed by atoms with Crippen LogP contribution in [0.15, 0.2) is 0 Å². The van der Waals surface area contributed by atoms with E-state index in [0.717, 1.165) is 32.4 Å². The summed E-state index contributed by atoms with van der Waals surface area (Å²) in [7, 11) is 0. The number of nitrogens with zero attached hydrogens (tertiary/aromatic N) is 2. The average Bonchev–Trinajstić information content (AvgIpc) is 3.02. The molecule has 0 aromatic rings. The Hall–Kier alpha value is -1.10. The fourth-order valence-electron chi connectivity index (χ4n) is 2.44. The van der Waals surface area contributed by atoms with E-state index in [9.17, 15) is 14.7 Å². The molecule has 1 saturated carbocycles. The Bertz CT molecular complexity index is 312. The first-order valence-electron chi connectivity index (χ1n) is 5.80. The topological polar surface area (TPSA) is 60.9 Å². The third-order valence-electron chi connectivity index (χ3n) is 3.67. The largest absolute Gasteiger partial charge is 0.480 e. The molecule has 1 aliphatic heterocycles. The number of amides is 1. The van der Waals surface area contributed by atoms with Crippen LogP contribution in [0.4, 0.5) is 0 Å². The van der Waals surface area contributed by atoms with Crippen LogP contribution < -0.4 is 0 Å². The maximum Gasteiger partial charge on any atom is 0.324 e. The second kappa shape index (κ2) is 4.05. The van der Waals surface area contributed by atoms with Crippen molar-refractivity contribution in [3.63, 3.8) is 0 Å². The van der Waals surface area contributed by atoms with Crippen molar-refractivity contribution in [1.82, 2.24) is 9.80 Å². The molecule has 0 aromatic carbocycles. The number of hydrogen-bond donors (Lipinski definition) is 1. The summed E-state index contributed by atoms with van der Waals surface area (Å²) in [6.07, 6.45) is 2.37. The smallest absolute Gasteiger partial charge is 0.324 e. The zero-order valence-corrected chi connectivity index (χ0v) is 9.61. The Balaban J connectivity index is 1.99. The standard InChI is InChI=1S/C11H18N2O3/c1-9(14)12-5-2-6-13(8-7-12)11(3-4-11)10(15)16/h2-8H2,1H3,(H,15,16). The van der Waals surface area contributed by atoms with Crippen molar-refractivity contribution in [2.24, 2.45) is 0 Å². The number of carbonyl (C=O) groups is 2. The van der Waals surface area contributed by atoms with Crippen molar-refractivity contribution in [1.29, 1.82) is 0 Å². The molecular weight excluding hydrogens is 208 g/mol. The Morgan fingerprint density at radius 3 is 2.31 bits per heavy atom. The Morgan fingerprint density at radius 2 is 1.81 bits per heavy atom. The average molecular weight is 226 g/mol. The molecule has 0 aromatic heterocycles. The van der Waals surface area contributed by atoms with Gasteiger partial charge in [-0.2, -0.15) is 0 Å². The maximum atomic E-state index is 11.2. The van der Waals surface area contributed by atoms with Gasteiger partial charge in [-0.3, -0.25) is 14.5 Å². The number of carboxylic acids is 1. The van der Waals surface area contributed by atoms with Gasteiger partial charge in [0, 0.05) is 33.1 Å². The maximum absolute atomic E-state index is 11.2. The van der Waals surface area contributed by atoms with Gasteiger partial charge in [-0.15, -0.1) is 0 Å². The van der Waals surface area contributed by atoms with Gasteiger partial charge in [0.15, 0.2) is 0 Å². The van der Waals surface area contributed by atoms with Gasteiger partial charge in [0.1, 0.15) is 5.54 Å². The SMILES string of the molecule is CC(=O)N1CCCN(C2(C(=O)O)CC2)CC1. The van der Waals surface area contributed by atoms with E-state index in [1.54, 1.807) is 11.8 Å². The lowest BCUT2D eigenvalue weighted by molar-refractivity contribution is -0.145. The molecule has 2 aliphatic rings. The molecule has 16 heavy (non-hydrogen) atoms. The second-order valence-corrected chi connectivity index (χ2v) is 4.68. The minimum Gasteiger partial charge on any atom is -0.480 e. The molecule has 1 saturated heterocycles. The van der Waals surface area contributed by atoms with Crippen LogP contribution in [-0.4, -0.2) is 58.5 Å². The van der Waals surface area contributed by atoms with Crippen LogP contribution in [0.25, 0.3) is 0 Å². The molecular formula is C11H18N2O3. The molecule has 0 radical (unpaired) electrons. The highest BCUT2D eigenvalue weighted by Crippen LogP contribution is 2.42. The van der Waals surface area contributed by atoms with Crippen molar-refractivity contribution >= 4 is 11.9 Å². The van der Waals surface area contributed by atoms with Crippen molar-refractivity contribution in [3.8, 4) is 0 Å². The minimum absolute atomic E-state index is 0.0852. The summed E-state index contributed by atoms with van der Waals surface area (Å²) >= 11 is 0. The normalized spacial score (nSPS) is 24.9. The number of aliphatic carboxylic acids is 1. The lowest BCUT2D eigenvalue weighted by Crippen LogP contribution is -2.45. The van der Waals surface area contributed by atoms with Gasteiger partial charge in [0.25, 0.3) is 0 Å². The summed E-state index contributed by atoms with van der Waals surface area (Å²) in [5.74, 6) is -0.620. The fourth-order valence-corrected chi connectivity index (χ4v) is 2.44. The number of carboxylic acid groups (broad SMARTS) is 1. The summed E-state index contributed by atoms with van der Waals surface area (Å²) < 4.78 is 0. The van der Waals surface area contributed by atoms with Crippen LogP contribution >= 0.6 is 0 Å². The van der Waals surface area contributed by atoms with Crippen molar-refractivity contribution in [3.05, 3.63) is 0 Å². The molecule has 0 unspecified atom stereocenters. The fraction of sp³-hybridized carbons (Fsp3) is 0.818. The van der Waals surface area contributed by atoms with Crippen molar-refractivity contribution in [2.75, 3.05) is 26.2 Å². The molecule has 1 heterocycles. The minimum atomic E-state index is -0.705. The summed E-state index contributed by atoms with van der Waals surface area (Å²) in [6.45, 7) is 4.45. The molecule has 5 nitrogen and oxygen atoms in total. The molecule has 5 heteroatoms. The van der Waals surface area contributed by atoms with Crippen LogP contribution in [0.5, 0.6) is 0 Å². The molecule has 2 rings (SSSR count). The van der Waals surface area contributed by atoms with E-state index in [-0.39, 0.29) is 5.91 Å². The lowest BCUT2D eigenvalue weighted by atomic mass is 10.2. The summed E-state index contributed by atoms with van der Waals surface area (Å²) in [5.41, 5.74) is -0.604. The predicted molar refractivity (Wildman–Crippen MR) is 58.0 cm³/mol. The molecule has 1 N–H and O–H groups in total.